The predicted octanol–water partition coefficient (Wildman–Crippen LogP) is 5.56. The van der Waals surface area contributed by atoms with Crippen LogP contribution in [0.1, 0.15) is 35.6 Å². The lowest BCUT2D eigenvalue weighted by atomic mass is 10.0. The standard InChI is InChI=1S/C22H23Cl2NO2/c1-27-22(26)11-7-16-4-8-18(9-5-16)21-3-2-13-25(21)14-12-17-6-10-19(23)20(24)15-17/h4-11,15,21H,2-3,12-14H2,1H3. The molecule has 142 valence electrons. The molecular formula is C22H23Cl2NO2. The molecule has 0 aromatic heterocycles. The lowest BCUT2D eigenvalue weighted by molar-refractivity contribution is -0.134. The first-order valence-electron chi connectivity index (χ1n) is 9.11. The SMILES string of the molecule is COC(=O)C=Cc1ccc(C2CCCN2CCc2ccc(Cl)c(Cl)c2)cc1. The molecule has 3 nitrogen and oxygen atoms in total. The number of hydrogen-bond acceptors (Lipinski definition) is 3. The zero-order valence-electron chi connectivity index (χ0n) is 15.3. The van der Waals surface area contributed by atoms with Crippen LogP contribution in [0, 0.1) is 0 Å². The summed E-state index contributed by atoms with van der Waals surface area (Å²) >= 11 is 12.1. The Bertz CT molecular complexity index is 818. The van der Waals surface area contributed by atoms with E-state index in [4.69, 9.17) is 23.2 Å². The first kappa shape index (κ1) is 19.9. The minimum Gasteiger partial charge on any atom is -0.466 e. The summed E-state index contributed by atoms with van der Waals surface area (Å²) in [6, 6.07) is 14.7. The van der Waals surface area contributed by atoms with E-state index in [1.807, 2.05) is 30.3 Å². The summed E-state index contributed by atoms with van der Waals surface area (Å²) in [6.45, 7) is 2.10. The summed E-state index contributed by atoms with van der Waals surface area (Å²) < 4.78 is 4.62. The number of ether oxygens (including phenoxy) is 1. The average molecular weight is 404 g/mol. The number of methoxy groups -OCH3 is 1. The van der Waals surface area contributed by atoms with Crippen LogP contribution in [0.5, 0.6) is 0 Å². The average Bonchev–Trinajstić information content (AvgIpc) is 3.16. The lowest BCUT2D eigenvalue weighted by Crippen LogP contribution is -2.25. The Hall–Kier alpha value is -1.81. The van der Waals surface area contributed by atoms with Gasteiger partial charge >= 0.3 is 5.97 Å². The monoisotopic (exact) mass is 403 g/mol. The molecule has 1 atom stereocenters. The van der Waals surface area contributed by atoms with Gasteiger partial charge in [0.15, 0.2) is 0 Å². The summed E-state index contributed by atoms with van der Waals surface area (Å²) in [5, 5.41) is 1.21. The van der Waals surface area contributed by atoms with Crippen molar-refractivity contribution in [2.24, 2.45) is 0 Å². The predicted molar refractivity (Wildman–Crippen MR) is 111 cm³/mol. The van der Waals surface area contributed by atoms with Gasteiger partial charge in [-0.25, -0.2) is 4.79 Å². The minimum atomic E-state index is -0.344. The molecule has 5 heteroatoms. The fraction of sp³-hybridized carbons (Fsp3) is 0.318. The van der Waals surface area contributed by atoms with Crippen molar-refractivity contribution < 1.29 is 9.53 Å². The first-order chi connectivity index (χ1) is 13.1. The second kappa shape index (κ2) is 9.41. The van der Waals surface area contributed by atoms with Crippen LogP contribution in [0.4, 0.5) is 0 Å². The molecule has 1 aliphatic heterocycles. The van der Waals surface area contributed by atoms with Gasteiger partial charge in [0.05, 0.1) is 17.2 Å². The topological polar surface area (TPSA) is 29.5 Å². The maximum Gasteiger partial charge on any atom is 0.330 e. The summed E-state index contributed by atoms with van der Waals surface area (Å²) in [4.78, 5) is 13.7. The van der Waals surface area contributed by atoms with Crippen LogP contribution in [0.15, 0.2) is 48.5 Å². The molecule has 1 saturated heterocycles. The molecule has 0 amide bonds. The molecule has 0 bridgehead atoms. The molecule has 1 aliphatic rings. The second-order valence-corrected chi connectivity index (χ2v) is 7.53. The van der Waals surface area contributed by atoms with Crippen molar-refractivity contribution in [3.05, 3.63) is 75.3 Å². The van der Waals surface area contributed by atoms with Crippen molar-refractivity contribution in [2.45, 2.75) is 25.3 Å². The van der Waals surface area contributed by atoms with Gasteiger partial charge in [0, 0.05) is 18.7 Å². The lowest BCUT2D eigenvalue weighted by Gasteiger charge is -2.25. The van der Waals surface area contributed by atoms with E-state index in [0.29, 0.717) is 16.1 Å². The number of carbonyl (C=O) groups is 1. The van der Waals surface area contributed by atoms with Gasteiger partial charge in [0.25, 0.3) is 0 Å². The molecule has 0 saturated carbocycles. The zero-order chi connectivity index (χ0) is 19.2. The van der Waals surface area contributed by atoms with Gasteiger partial charge in [-0.2, -0.15) is 0 Å². The number of esters is 1. The fourth-order valence-corrected chi connectivity index (χ4v) is 3.82. The molecule has 1 heterocycles. The maximum atomic E-state index is 11.2. The van der Waals surface area contributed by atoms with E-state index in [1.165, 1.54) is 37.2 Å². The Kier molecular flexibility index (Phi) is 6.95. The van der Waals surface area contributed by atoms with Gasteiger partial charge in [-0.05, 0) is 60.7 Å². The van der Waals surface area contributed by atoms with E-state index in [9.17, 15) is 4.79 Å². The highest BCUT2D eigenvalue weighted by Gasteiger charge is 2.25. The van der Waals surface area contributed by atoms with Gasteiger partial charge in [0.2, 0.25) is 0 Å². The van der Waals surface area contributed by atoms with E-state index in [2.05, 4.69) is 21.8 Å². The molecule has 1 unspecified atom stereocenters. The van der Waals surface area contributed by atoms with Crippen molar-refractivity contribution in [3.63, 3.8) is 0 Å². The largest absolute Gasteiger partial charge is 0.466 e. The third-order valence-electron chi connectivity index (χ3n) is 4.97. The Balaban J connectivity index is 1.62. The van der Waals surface area contributed by atoms with Crippen LogP contribution < -0.4 is 0 Å². The smallest absolute Gasteiger partial charge is 0.330 e. The van der Waals surface area contributed by atoms with Crippen LogP contribution in [0.25, 0.3) is 6.08 Å². The summed E-state index contributed by atoms with van der Waals surface area (Å²) in [7, 11) is 1.38. The number of likely N-dealkylation sites (tertiary alicyclic amines) is 1. The Morgan fingerprint density at radius 3 is 2.67 bits per heavy atom. The summed E-state index contributed by atoms with van der Waals surface area (Å²) in [6.07, 6.45) is 6.53. The van der Waals surface area contributed by atoms with E-state index >= 15 is 0 Å². The Labute approximate surface area is 170 Å². The van der Waals surface area contributed by atoms with Gasteiger partial charge in [-0.1, -0.05) is 53.5 Å². The molecule has 27 heavy (non-hydrogen) atoms. The normalized spacial score (nSPS) is 17.5. The van der Waals surface area contributed by atoms with Gasteiger partial charge in [-0.3, -0.25) is 4.90 Å². The second-order valence-electron chi connectivity index (χ2n) is 6.72. The molecule has 1 fully saturated rings. The van der Waals surface area contributed by atoms with Gasteiger partial charge < -0.3 is 4.74 Å². The van der Waals surface area contributed by atoms with Crippen molar-refractivity contribution in [3.8, 4) is 0 Å². The highest BCUT2D eigenvalue weighted by Crippen LogP contribution is 2.32. The third-order valence-corrected chi connectivity index (χ3v) is 5.71. The van der Waals surface area contributed by atoms with E-state index in [-0.39, 0.29) is 5.97 Å². The number of carbonyl (C=O) groups excluding carboxylic acids is 1. The fourth-order valence-electron chi connectivity index (χ4n) is 3.50. The van der Waals surface area contributed by atoms with Crippen molar-refractivity contribution in [1.29, 1.82) is 0 Å². The minimum absolute atomic E-state index is 0.344. The maximum absolute atomic E-state index is 11.2. The molecule has 0 N–H and O–H groups in total. The van der Waals surface area contributed by atoms with Gasteiger partial charge in [0.1, 0.15) is 0 Å². The Morgan fingerprint density at radius 1 is 1.19 bits per heavy atom. The molecule has 0 radical (unpaired) electrons. The first-order valence-corrected chi connectivity index (χ1v) is 9.86. The van der Waals surface area contributed by atoms with Crippen LogP contribution in [-0.2, 0) is 16.0 Å². The third kappa shape index (κ3) is 5.35. The van der Waals surface area contributed by atoms with E-state index in [1.54, 1.807) is 6.08 Å². The van der Waals surface area contributed by atoms with Crippen LogP contribution >= 0.6 is 23.2 Å². The zero-order valence-corrected chi connectivity index (χ0v) is 16.8. The quantitative estimate of drug-likeness (QED) is 0.466. The molecule has 2 aromatic carbocycles. The van der Waals surface area contributed by atoms with E-state index in [0.717, 1.165) is 25.1 Å². The Morgan fingerprint density at radius 2 is 1.96 bits per heavy atom. The summed E-state index contributed by atoms with van der Waals surface area (Å²) in [5.74, 6) is -0.344. The molecule has 0 spiro atoms. The molecule has 2 aromatic rings. The van der Waals surface area contributed by atoms with Crippen LogP contribution in [0.2, 0.25) is 10.0 Å². The number of halogens is 2. The van der Waals surface area contributed by atoms with Crippen molar-refractivity contribution in [2.75, 3.05) is 20.2 Å². The highest BCUT2D eigenvalue weighted by atomic mass is 35.5. The van der Waals surface area contributed by atoms with Gasteiger partial charge in [-0.15, -0.1) is 0 Å². The number of hydrogen-bond donors (Lipinski definition) is 0. The van der Waals surface area contributed by atoms with Crippen LogP contribution in [0.3, 0.4) is 0 Å². The number of nitrogens with zero attached hydrogens (tertiary/aromatic N) is 1. The molecular weight excluding hydrogens is 381 g/mol. The van der Waals surface area contributed by atoms with E-state index < -0.39 is 0 Å². The van der Waals surface area contributed by atoms with Crippen molar-refractivity contribution >= 4 is 35.2 Å². The van der Waals surface area contributed by atoms with Crippen molar-refractivity contribution in [1.82, 2.24) is 4.90 Å². The number of benzene rings is 2. The molecule has 3 rings (SSSR count). The van der Waals surface area contributed by atoms with Crippen LogP contribution in [-0.4, -0.2) is 31.1 Å². The highest BCUT2D eigenvalue weighted by molar-refractivity contribution is 6.42. The number of rotatable bonds is 6. The summed E-state index contributed by atoms with van der Waals surface area (Å²) in [5.41, 5.74) is 3.51. The molecule has 0 aliphatic carbocycles.